The largest absolute Gasteiger partial charge is 0.497 e. The van der Waals surface area contributed by atoms with Crippen LogP contribution in [-0.4, -0.2) is 22.6 Å². The molecule has 1 heterocycles. The molecule has 2 aromatic rings. The quantitative estimate of drug-likeness (QED) is 0.845. The lowest BCUT2D eigenvalue weighted by atomic mass is 10.2. The van der Waals surface area contributed by atoms with E-state index in [4.69, 9.17) is 10.5 Å². The predicted octanol–water partition coefficient (Wildman–Crippen LogP) is 2.37. The number of amides is 1. The Kier molecular flexibility index (Phi) is 5.72. The number of aromatic nitrogens is 2. The number of nitrogens with one attached hydrogen (secondary N) is 1. The molecular formula is C12H15ClN4O2S. The number of nitrogens with zero attached hydrogens (tertiary/aromatic N) is 2. The third kappa shape index (κ3) is 3.37. The second-order valence-corrected chi connectivity index (χ2v) is 4.56. The fourth-order valence-electron chi connectivity index (χ4n) is 1.56. The summed E-state index contributed by atoms with van der Waals surface area (Å²) in [7, 11) is 1.55. The van der Waals surface area contributed by atoms with Crippen LogP contribution in [0.15, 0.2) is 18.2 Å². The van der Waals surface area contributed by atoms with Crippen molar-refractivity contribution in [2.24, 2.45) is 0 Å². The number of hydrogen-bond acceptors (Lipinski definition) is 6. The summed E-state index contributed by atoms with van der Waals surface area (Å²) in [6.45, 7) is 1.92. The van der Waals surface area contributed by atoms with E-state index in [1.807, 2.05) is 6.92 Å². The fraction of sp³-hybridized carbons (Fsp3) is 0.250. The topological polar surface area (TPSA) is 90.1 Å². The van der Waals surface area contributed by atoms with Gasteiger partial charge in [-0.15, -0.1) is 17.5 Å². The smallest absolute Gasteiger partial charge is 0.269 e. The zero-order valence-corrected chi connectivity index (χ0v) is 12.7. The van der Waals surface area contributed by atoms with Crippen molar-refractivity contribution in [1.82, 2.24) is 9.59 Å². The Morgan fingerprint density at radius 3 is 2.90 bits per heavy atom. The number of anilines is 2. The minimum Gasteiger partial charge on any atom is -0.497 e. The normalized spacial score (nSPS) is 9.70. The van der Waals surface area contributed by atoms with Crippen molar-refractivity contribution < 1.29 is 9.53 Å². The van der Waals surface area contributed by atoms with Crippen LogP contribution in [-0.2, 0) is 6.42 Å². The number of halogens is 1. The van der Waals surface area contributed by atoms with E-state index < -0.39 is 0 Å². The highest BCUT2D eigenvalue weighted by Gasteiger charge is 2.16. The number of nitrogen functional groups attached to an aromatic ring is 1. The molecule has 0 bridgehead atoms. The number of hydrogen-bond donors (Lipinski definition) is 2. The number of carbonyl (C=O) groups is 1. The van der Waals surface area contributed by atoms with Crippen molar-refractivity contribution in [3.8, 4) is 5.75 Å². The lowest BCUT2D eigenvalue weighted by Gasteiger charge is -2.09. The number of carbonyl (C=O) groups excluding carboxylic acids is 1. The van der Waals surface area contributed by atoms with Gasteiger partial charge in [0.15, 0.2) is 0 Å². The predicted molar refractivity (Wildman–Crippen MR) is 81.9 cm³/mol. The highest BCUT2D eigenvalue weighted by molar-refractivity contribution is 7.08. The molecule has 1 aromatic heterocycles. The molecule has 2 rings (SSSR count). The highest BCUT2D eigenvalue weighted by atomic mass is 35.5. The van der Waals surface area contributed by atoms with Gasteiger partial charge in [-0.2, -0.15) is 0 Å². The molecule has 0 unspecified atom stereocenters. The zero-order valence-electron chi connectivity index (χ0n) is 11.0. The highest BCUT2D eigenvalue weighted by Crippen LogP contribution is 2.25. The molecule has 0 atom stereocenters. The molecule has 0 saturated carbocycles. The van der Waals surface area contributed by atoms with Crippen molar-refractivity contribution >= 4 is 41.2 Å². The van der Waals surface area contributed by atoms with Crippen molar-refractivity contribution in [3.63, 3.8) is 0 Å². The maximum Gasteiger partial charge on any atom is 0.269 e. The van der Waals surface area contributed by atoms with Gasteiger partial charge in [0.05, 0.1) is 24.2 Å². The minimum atomic E-state index is -0.258. The number of nitrogens with two attached hydrogens (primary N) is 1. The van der Waals surface area contributed by atoms with Gasteiger partial charge in [0.1, 0.15) is 10.6 Å². The van der Waals surface area contributed by atoms with Crippen LogP contribution in [0, 0.1) is 0 Å². The van der Waals surface area contributed by atoms with Crippen LogP contribution in [0.25, 0.3) is 0 Å². The minimum absolute atomic E-state index is 0. The summed E-state index contributed by atoms with van der Waals surface area (Å²) in [4.78, 5) is 12.6. The first kappa shape index (κ1) is 16.2. The van der Waals surface area contributed by atoms with Gasteiger partial charge in [-0.1, -0.05) is 11.4 Å². The molecule has 0 fully saturated rings. The second-order valence-electron chi connectivity index (χ2n) is 3.81. The molecule has 6 nitrogen and oxygen atoms in total. The lowest BCUT2D eigenvalue weighted by Crippen LogP contribution is -2.13. The summed E-state index contributed by atoms with van der Waals surface area (Å²) in [6, 6.07) is 5.09. The molecule has 20 heavy (non-hydrogen) atoms. The van der Waals surface area contributed by atoms with E-state index in [1.165, 1.54) is 0 Å². The van der Waals surface area contributed by atoms with Crippen LogP contribution >= 0.6 is 23.9 Å². The van der Waals surface area contributed by atoms with Crippen molar-refractivity contribution in [2.45, 2.75) is 13.3 Å². The van der Waals surface area contributed by atoms with Crippen molar-refractivity contribution in [2.75, 3.05) is 18.2 Å². The van der Waals surface area contributed by atoms with Crippen LogP contribution in [0.4, 0.5) is 11.4 Å². The van der Waals surface area contributed by atoms with Gasteiger partial charge in [0, 0.05) is 6.07 Å². The van der Waals surface area contributed by atoms with E-state index in [2.05, 4.69) is 14.9 Å². The first-order chi connectivity index (χ1) is 9.15. The van der Waals surface area contributed by atoms with Gasteiger partial charge in [-0.05, 0) is 30.1 Å². The summed E-state index contributed by atoms with van der Waals surface area (Å²) in [5.41, 5.74) is 7.49. The molecular weight excluding hydrogens is 300 g/mol. The first-order valence-electron chi connectivity index (χ1n) is 5.71. The number of methoxy groups -OCH3 is 1. The molecule has 0 aliphatic carbocycles. The van der Waals surface area contributed by atoms with Gasteiger partial charge in [-0.25, -0.2) is 0 Å². The average Bonchev–Trinajstić information content (AvgIpc) is 2.89. The SMILES string of the molecule is CCc1nnsc1C(=O)Nc1cc(OC)ccc1N.Cl. The summed E-state index contributed by atoms with van der Waals surface area (Å²) in [5, 5.41) is 6.65. The molecule has 0 saturated heterocycles. The number of rotatable bonds is 4. The maximum atomic E-state index is 12.1. The van der Waals surface area contributed by atoms with Gasteiger partial charge in [-0.3, -0.25) is 4.79 Å². The van der Waals surface area contributed by atoms with Crippen molar-refractivity contribution in [3.05, 3.63) is 28.8 Å². The third-order valence-electron chi connectivity index (χ3n) is 2.61. The van der Waals surface area contributed by atoms with Gasteiger partial charge < -0.3 is 15.8 Å². The monoisotopic (exact) mass is 314 g/mol. The molecule has 1 aromatic carbocycles. The zero-order chi connectivity index (χ0) is 13.8. The summed E-state index contributed by atoms with van der Waals surface area (Å²) >= 11 is 1.07. The average molecular weight is 315 g/mol. The Morgan fingerprint density at radius 1 is 1.50 bits per heavy atom. The van der Waals surface area contributed by atoms with Crippen LogP contribution in [0.2, 0.25) is 0 Å². The second kappa shape index (κ2) is 7.06. The van der Waals surface area contributed by atoms with E-state index in [9.17, 15) is 4.79 Å². The maximum absolute atomic E-state index is 12.1. The van der Waals surface area contributed by atoms with E-state index in [0.29, 0.717) is 34.1 Å². The Balaban J connectivity index is 0.00000200. The van der Waals surface area contributed by atoms with E-state index in [1.54, 1.807) is 25.3 Å². The number of ether oxygens (including phenoxy) is 1. The van der Waals surface area contributed by atoms with Crippen LogP contribution in [0.5, 0.6) is 5.75 Å². The van der Waals surface area contributed by atoms with Gasteiger partial charge in [0.25, 0.3) is 5.91 Å². The van der Waals surface area contributed by atoms with Crippen LogP contribution in [0.1, 0.15) is 22.3 Å². The summed E-state index contributed by atoms with van der Waals surface area (Å²) in [6.07, 6.45) is 0.660. The molecule has 0 aliphatic heterocycles. The molecule has 0 radical (unpaired) electrons. The van der Waals surface area contributed by atoms with Gasteiger partial charge in [0.2, 0.25) is 0 Å². The Bertz CT molecular complexity index is 603. The number of aryl methyl sites for hydroxylation is 1. The first-order valence-corrected chi connectivity index (χ1v) is 6.49. The van der Waals surface area contributed by atoms with E-state index in [0.717, 1.165) is 11.5 Å². The molecule has 8 heteroatoms. The number of benzene rings is 1. The van der Waals surface area contributed by atoms with Crippen molar-refractivity contribution in [1.29, 1.82) is 0 Å². The van der Waals surface area contributed by atoms with Crippen LogP contribution in [0.3, 0.4) is 0 Å². The third-order valence-corrected chi connectivity index (χ3v) is 3.37. The Morgan fingerprint density at radius 2 is 2.25 bits per heavy atom. The summed E-state index contributed by atoms with van der Waals surface area (Å²) in [5.74, 6) is 0.370. The van der Waals surface area contributed by atoms with Gasteiger partial charge >= 0.3 is 0 Å². The molecule has 3 N–H and O–H groups in total. The Hall–Kier alpha value is -1.86. The van der Waals surface area contributed by atoms with E-state index >= 15 is 0 Å². The fourth-order valence-corrected chi connectivity index (χ4v) is 2.21. The lowest BCUT2D eigenvalue weighted by molar-refractivity contribution is 0.102. The molecule has 1 amide bonds. The summed E-state index contributed by atoms with van der Waals surface area (Å²) < 4.78 is 8.88. The standard InChI is InChI=1S/C12H14N4O2S.ClH/c1-3-9-11(19-16-15-9)12(17)14-10-6-7(18-2)4-5-8(10)13;/h4-6H,3,13H2,1-2H3,(H,14,17);1H. The molecule has 0 aliphatic rings. The van der Waals surface area contributed by atoms with Crippen LogP contribution < -0.4 is 15.8 Å². The Labute approximate surface area is 126 Å². The van der Waals surface area contributed by atoms with E-state index in [-0.39, 0.29) is 18.3 Å². The molecule has 0 spiro atoms. The molecule has 108 valence electrons.